The molecule has 11 heteroatoms. The minimum atomic E-state index is -3.90. The van der Waals surface area contributed by atoms with Gasteiger partial charge in [0.1, 0.15) is 12.5 Å². The van der Waals surface area contributed by atoms with Crippen molar-refractivity contribution in [1.29, 1.82) is 0 Å². The SMILES string of the molecule is CCOCn1cc(NS(=O)(=O)C2(CCO)CCC2)c(Nc2ccc(I)cc2F)c(C)c1=O. The first-order valence-electron chi connectivity index (χ1n) is 10.3. The molecule has 8 nitrogen and oxygen atoms in total. The maximum atomic E-state index is 14.5. The molecule has 1 aromatic heterocycles. The first kappa shape index (κ1) is 24.9. The van der Waals surface area contributed by atoms with Crippen LogP contribution in [0.4, 0.5) is 21.5 Å². The van der Waals surface area contributed by atoms with Gasteiger partial charge >= 0.3 is 0 Å². The number of aromatic nitrogens is 1. The molecule has 1 aliphatic rings. The van der Waals surface area contributed by atoms with Crippen molar-refractivity contribution in [3.05, 3.63) is 49.7 Å². The van der Waals surface area contributed by atoms with Crippen LogP contribution in [0.25, 0.3) is 0 Å². The molecule has 0 atom stereocenters. The summed E-state index contributed by atoms with van der Waals surface area (Å²) in [7, 11) is -3.90. The normalized spacial score (nSPS) is 15.3. The largest absolute Gasteiger partial charge is 0.396 e. The Bertz CT molecular complexity index is 1150. The average Bonchev–Trinajstić information content (AvgIpc) is 2.70. The summed E-state index contributed by atoms with van der Waals surface area (Å²) in [6, 6.07) is 4.56. The number of benzene rings is 1. The highest BCUT2D eigenvalue weighted by molar-refractivity contribution is 14.1. The van der Waals surface area contributed by atoms with E-state index in [1.165, 1.54) is 22.9 Å². The molecular formula is C21H27FIN3O5S. The molecule has 1 aliphatic carbocycles. The summed E-state index contributed by atoms with van der Waals surface area (Å²) < 4.78 is 49.9. The molecule has 2 aromatic rings. The molecule has 176 valence electrons. The first-order chi connectivity index (χ1) is 15.1. The van der Waals surface area contributed by atoms with Crippen molar-refractivity contribution in [3.8, 4) is 0 Å². The van der Waals surface area contributed by atoms with Crippen LogP contribution >= 0.6 is 22.6 Å². The summed E-state index contributed by atoms with van der Waals surface area (Å²) in [4.78, 5) is 12.8. The summed E-state index contributed by atoms with van der Waals surface area (Å²) in [6.07, 6.45) is 3.11. The maximum Gasteiger partial charge on any atom is 0.257 e. The number of hydrogen-bond acceptors (Lipinski definition) is 6. The Kier molecular flexibility index (Phi) is 7.84. The van der Waals surface area contributed by atoms with E-state index in [9.17, 15) is 22.7 Å². The number of aliphatic hydroxyl groups is 1. The summed E-state index contributed by atoms with van der Waals surface area (Å²) >= 11 is 1.99. The number of pyridine rings is 1. The summed E-state index contributed by atoms with van der Waals surface area (Å²) in [5.41, 5.74) is 0.231. The van der Waals surface area contributed by atoms with Crippen LogP contribution in [-0.4, -0.2) is 36.1 Å². The van der Waals surface area contributed by atoms with E-state index in [2.05, 4.69) is 10.0 Å². The second-order valence-electron chi connectivity index (χ2n) is 7.80. The maximum absolute atomic E-state index is 14.5. The van der Waals surface area contributed by atoms with Crippen molar-refractivity contribution in [2.75, 3.05) is 23.3 Å². The van der Waals surface area contributed by atoms with Crippen LogP contribution in [0.15, 0.2) is 29.2 Å². The average molecular weight is 579 g/mol. The van der Waals surface area contributed by atoms with Gasteiger partial charge in [-0.15, -0.1) is 0 Å². The number of hydrogen-bond donors (Lipinski definition) is 3. The predicted molar refractivity (Wildman–Crippen MR) is 130 cm³/mol. The van der Waals surface area contributed by atoms with E-state index < -0.39 is 20.6 Å². The van der Waals surface area contributed by atoms with Crippen molar-refractivity contribution in [3.63, 3.8) is 0 Å². The molecule has 1 fully saturated rings. The van der Waals surface area contributed by atoms with E-state index in [1.807, 2.05) is 22.6 Å². The van der Waals surface area contributed by atoms with Crippen molar-refractivity contribution >= 4 is 49.7 Å². The summed E-state index contributed by atoms with van der Waals surface area (Å²) in [5.74, 6) is -0.528. The zero-order valence-electron chi connectivity index (χ0n) is 18.0. The highest BCUT2D eigenvalue weighted by atomic mass is 127. The minimum Gasteiger partial charge on any atom is -0.396 e. The van der Waals surface area contributed by atoms with Crippen molar-refractivity contribution in [2.45, 2.75) is 51.0 Å². The van der Waals surface area contributed by atoms with Gasteiger partial charge in [-0.25, -0.2) is 12.8 Å². The van der Waals surface area contributed by atoms with Gasteiger partial charge in [-0.3, -0.25) is 14.1 Å². The molecule has 3 rings (SSSR count). The lowest BCUT2D eigenvalue weighted by atomic mass is 9.82. The molecule has 0 bridgehead atoms. The number of anilines is 3. The van der Waals surface area contributed by atoms with Gasteiger partial charge in [-0.1, -0.05) is 6.42 Å². The van der Waals surface area contributed by atoms with Crippen LogP contribution in [0.2, 0.25) is 0 Å². The van der Waals surface area contributed by atoms with Gasteiger partial charge in [0.05, 0.1) is 21.8 Å². The Morgan fingerprint density at radius 3 is 2.59 bits per heavy atom. The van der Waals surface area contributed by atoms with E-state index in [0.29, 0.717) is 23.0 Å². The van der Waals surface area contributed by atoms with Gasteiger partial charge in [-0.05, 0) is 73.9 Å². The van der Waals surface area contributed by atoms with Crippen LogP contribution in [-0.2, 0) is 21.5 Å². The number of halogens is 2. The van der Waals surface area contributed by atoms with Gasteiger partial charge in [0.25, 0.3) is 5.56 Å². The van der Waals surface area contributed by atoms with Gasteiger partial charge in [0.2, 0.25) is 10.0 Å². The second-order valence-corrected chi connectivity index (χ2v) is 11.1. The van der Waals surface area contributed by atoms with Crippen LogP contribution in [0.5, 0.6) is 0 Å². The molecule has 0 radical (unpaired) electrons. The molecule has 0 amide bonds. The topological polar surface area (TPSA) is 110 Å². The zero-order valence-corrected chi connectivity index (χ0v) is 20.9. The van der Waals surface area contributed by atoms with Gasteiger partial charge in [0, 0.05) is 28.5 Å². The van der Waals surface area contributed by atoms with Crippen molar-refractivity contribution in [1.82, 2.24) is 4.57 Å². The predicted octanol–water partition coefficient (Wildman–Crippen LogP) is 3.68. The molecule has 3 N–H and O–H groups in total. The second kappa shape index (κ2) is 10.1. The number of nitrogens with one attached hydrogen (secondary N) is 2. The fourth-order valence-corrected chi connectivity index (χ4v) is 6.03. The lowest BCUT2D eigenvalue weighted by Gasteiger charge is -2.40. The van der Waals surface area contributed by atoms with Crippen LogP contribution in [0.3, 0.4) is 0 Å². The fraction of sp³-hybridized carbons (Fsp3) is 0.476. The molecule has 0 spiro atoms. The van der Waals surface area contributed by atoms with E-state index >= 15 is 0 Å². The number of aliphatic hydroxyl groups excluding tert-OH is 1. The lowest BCUT2D eigenvalue weighted by Crippen LogP contribution is -2.49. The van der Waals surface area contributed by atoms with Crippen LogP contribution in [0, 0.1) is 16.3 Å². The summed E-state index contributed by atoms with van der Waals surface area (Å²) in [5, 5.41) is 12.3. The molecule has 32 heavy (non-hydrogen) atoms. The quantitative estimate of drug-likeness (QED) is 0.371. The number of sulfonamides is 1. The molecule has 0 unspecified atom stereocenters. The third-order valence-corrected chi connectivity index (χ3v) is 8.69. The Balaban J connectivity index is 2.09. The highest BCUT2D eigenvalue weighted by Gasteiger charge is 2.48. The van der Waals surface area contributed by atoms with E-state index in [4.69, 9.17) is 4.74 Å². The molecular weight excluding hydrogens is 552 g/mol. The Hall–Kier alpha value is -1.70. The van der Waals surface area contributed by atoms with E-state index in [1.54, 1.807) is 19.9 Å². The van der Waals surface area contributed by atoms with Gasteiger partial charge < -0.3 is 15.2 Å². The Labute approximate surface area is 200 Å². The zero-order chi connectivity index (χ0) is 23.5. The highest BCUT2D eigenvalue weighted by Crippen LogP contribution is 2.43. The third kappa shape index (κ3) is 4.95. The smallest absolute Gasteiger partial charge is 0.257 e. The number of ether oxygens (including phenoxy) is 1. The number of nitrogens with zero attached hydrogens (tertiary/aromatic N) is 1. The first-order valence-corrected chi connectivity index (χ1v) is 12.9. The lowest BCUT2D eigenvalue weighted by molar-refractivity contribution is 0.0854. The minimum absolute atomic E-state index is 0.0507. The number of rotatable bonds is 10. The van der Waals surface area contributed by atoms with Crippen LogP contribution < -0.4 is 15.6 Å². The van der Waals surface area contributed by atoms with Crippen molar-refractivity contribution < 1.29 is 22.7 Å². The Morgan fingerprint density at radius 1 is 1.31 bits per heavy atom. The monoisotopic (exact) mass is 579 g/mol. The van der Waals surface area contributed by atoms with Gasteiger partial charge in [0.15, 0.2) is 0 Å². The molecule has 1 aromatic carbocycles. The standard InChI is InChI=1S/C21H27FIN3O5S/c1-3-31-13-26-12-18(25-32(29,30)21(9-10-27)7-4-8-21)19(14(2)20(26)28)24-17-6-5-15(23)11-16(17)22/h5-6,11-12,24-25,27H,3-4,7-10,13H2,1-2H3. The molecule has 1 heterocycles. The molecule has 0 saturated heterocycles. The van der Waals surface area contributed by atoms with Gasteiger partial charge in [-0.2, -0.15) is 0 Å². The fourth-order valence-electron chi connectivity index (χ4n) is 3.73. The third-order valence-electron chi connectivity index (χ3n) is 5.78. The van der Waals surface area contributed by atoms with E-state index in [0.717, 1.165) is 6.42 Å². The Morgan fingerprint density at radius 2 is 2.03 bits per heavy atom. The molecule has 1 saturated carbocycles. The molecule has 0 aliphatic heterocycles. The summed E-state index contributed by atoms with van der Waals surface area (Å²) in [6.45, 7) is 3.40. The van der Waals surface area contributed by atoms with E-state index in [-0.39, 0.29) is 47.9 Å². The van der Waals surface area contributed by atoms with Crippen molar-refractivity contribution in [2.24, 2.45) is 0 Å². The van der Waals surface area contributed by atoms with Crippen LogP contribution in [0.1, 0.15) is 38.2 Å².